The van der Waals surface area contributed by atoms with Crippen LogP contribution in [0.2, 0.25) is 0 Å². The second-order valence-corrected chi connectivity index (χ2v) is 5.81. The van der Waals surface area contributed by atoms with Gasteiger partial charge in [0.15, 0.2) is 0 Å². The first kappa shape index (κ1) is 10.0. The molecular weight excluding hydrogens is 218 g/mol. The van der Waals surface area contributed by atoms with Crippen LogP contribution < -0.4 is 5.32 Å². The topological polar surface area (TPSA) is 37.8 Å². The second-order valence-electron chi connectivity index (χ2n) is 4.58. The zero-order valence-corrected chi connectivity index (χ0v) is 10.6. The maximum atomic E-state index is 4.68. The highest BCUT2D eigenvalue weighted by Gasteiger charge is 2.37. The van der Waals surface area contributed by atoms with Crippen LogP contribution in [-0.2, 0) is 0 Å². The predicted octanol–water partition coefficient (Wildman–Crippen LogP) is 3.16. The highest BCUT2D eigenvalue weighted by molar-refractivity contribution is 7.18. The molecule has 2 aromatic heterocycles. The molecule has 0 aromatic carbocycles. The molecule has 1 N–H and O–H groups in total. The van der Waals surface area contributed by atoms with Crippen LogP contribution in [0.25, 0.3) is 10.2 Å². The summed E-state index contributed by atoms with van der Waals surface area (Å²) in [6, 6.07) is 2.16. The van der Waals surface area contributed by atoms with Gasteiger partial charge in [-0.2, -0.15) is 0 Å². The van der Waals surface area contributed by atoms with Crippen LogP contribution in [0, 0.1) is 12.8 Å². The molecule has 0 radical (unpaired) electrons. The number of nitrogens with one attached hydrogen (secondary N) is 1. The van der Waals surface area contributed by atoms with Gasteiger partial charge in [-0.15, -0.1) is 11.3 Å². The van der Waals surface area contributed by atoms with E-state index in [0.717, 1.165) is 27.8 Å². The lowest BCUT2D eigenvalue weighted by molar-refractivity contribution is 0.854. The fraction of sp³-hybridized carbons (Fsp3) is 0.500. The van der Waals surface area contributed by atoms with E-state index < -0.39 is 0 Å². The van der Waals surface area contributed by atoms with Crippen LogP contribution in [0.3, 0.4) is 0 Å². The maximum Gasteiger partial charge on any atom is 0.138 e. The van der Waals surface area contributed by atoms with Gasteiger partial charge in [0, 0.05) is 17.8 Å². The van der Waals surface area contributed by atoms with Crippen molar-refractivity contribution in [3.05, 3.63) is 16.8 Å². The molecule has 3 nitrogen and oxygen atoms in total. The van der Waals surface area contributed by atoms with Crippen LogP contribution in [0.4, 0.5) is 5.82 Å². The van der Waals surface area contributed by atoms with Crippen molar-refractivity contribution in [2.75, 3.05) is 12.4 Å². The SMILES string of the molecule is CNc1nc(C2CC2C)nc2sc(C)cc12. The molecule has 2 unspecified atom stereocenters. The van der Waals surface area contributed by atoms with Gasteiger partial charge >= 0.3 is 0 Å². The van der Waals surface area contributed by atoms with Crippen LogP contribution >= 0.6 is 11.3 Å². The second kappa shape index (κ2) is 3.42. The van der Waals surface area contributed by atoms with Gasteiger partial charge in [0.2, 0.25) is 0 Å². The van der Waals surface area contributed by atoms with E-state index in [4.69, 9.17) is 0 Å². The summed E-state index contributed by atoms with van der Waals surface area (Å²) < 4.78 is 0. The Bertz CT molecular complexity index is 546. The molecule has 2 aromatic rings. The van der Waals surface area contributed by atoms with Crippen molar-refractivity contribution in [2.24, 2.45) is 5.92 Å². The first-order chi connectivity index (χ1) is 7.69. The van der Waals surface area contributed by atoms with Crippen molar-refractivity contribution in [2.45, 2.75) is 26.2 Å². The summed E-state index contributed by atoms with van der Waals surface area (Å²) in [7, 11) is 1.93. The molecule has 0 saturated heterocycles. The first-order valence-electron chi connectivity index (χ1n) is 5.65. The van der Waals surface area contributed by atoms with Crippen LogP contribution in [0.1, 0.15) is 30.0 Å². The zero-order chi connectivity index (χ0) is 11.3. The average Bonchev–Trinajstić information content (AvgIpc) is 2.86. The fourth-order valence-corrected chi connectivity index (χ4v) is 2.98. The molecule has 2 atom stereocenters. The number of hydrogen-bond donors (Lipinski definition) is 1. The quantitative estimate of drug-likeness (QED) is 0.865. The molecule has 2 heterocycles. The Labute approximate surface area is 98.9 Å². The molecular formula is C12H15N3S. The van der Waals surface area contributed by atoms with Crippen molar-refractivity contribution in [3.63, 3.8) is 0 Å². The fourth-order valence-electron chi connectivity index (χ4n) is 2.10. The van der Waals surface area contributed by atoms with Gasteiger partial charge in [-0.3, -0.25) is 0 Å². The molecule has 1 aliphatic carbocycles. The summed E-state index contributed by atoms with van der Waals surface area (Å²) in [4.78, 5) is 11.7. The van der Waals surface area contributed by atoms with E-state index in [-0.39, 0.29) is 0 Å². The Hall–Kier alpha value is -1.16. The van der Waals surface area contributed by atoms with Crippen LogP contribution in [0.5, 0.6) is 0 Å². The Kier molecular flexibility index (Phi) is 2.14. The number of aromatic nitrogens is 2. The van der Waals surface area contributed by atoms with E-state index in [0.29, 0.717) is 5.92 Å². The molecule has 16 heavy (non-hydrogen) atoms. The lowest BCUT2D eigenvalue weighted by Gasteiger charge is -2.04. The normalized spacial score (nSPS) is 23.7. The van der Waals surface area contributed by atoms with E-state index in [9.17, 15) is 0 Å². The highest BCUT2D eigenvalue weighted by atomic mass is 32.1. The van der Waals surface area contributed by atoms with Crippen molar-refractivity contribution < 1.29 is 0 Å². The molecule has 0 bridgehead atoms. The third-order valence-electron chi connectivity index (χ3n) is 3.21. The molecule has 0 aliphatic heterocycles. The standard InChI is InChI=1S/C12H15N3S/c1-6-4-8(6)11-14-10(13-3)9-5-7(2)16-12(9)15-11/h5-6,8H,4H2,1-3H3,(H,13,14,15). The summed E-state index contributed by atoms with van der Waals surface area (Å²) in [6.07, 6.45) is 1.24. The zero-order valence-electron chi connectivity index (χ0n) is 9.74. The molecule has 4 heteroatoms. The smallest absolute Gasteiger partial charge is 0.138 e. The van der Waals surface area contributed by atoms with Gasteiger partial charge in [0.25, 0.3) is 0 Å². The van der Waals surface area contributed by atoms with Gasteiger partial charge in [0.1, 0.15) is 16.5 Å². The molecule has 1 fully saturated rings. The van der Waals surface area contributed by atoms with E-state index >= 15 is 0 Å². The highest BCUT2D eigenvalue weighted by Crippen LogP contribution is 2.46. The number of aryl methyl sites for hydroxylation is 1. The minimum Gasteiger partial charge on any atom is -0.372 e. The molecule has 0 amide bonds. The molecule has 0 spiro atoms. The van der Waals surface area contributed by atoms with Gasteiger partial charge in [-0.25, -0.2) is 9.97 Å². The number of hydrogen-bond acceptors (Lipinski definition) is 4. The Morgan fingerprint density at radius 3 is 2.81 bits per heavy atom. The molecule has 84 valence electrons. The van der Waals surface area contributed by atoms with Crippen molar-refractivity contribution in [1.29, 1.82) is 0 Å². The monoisotopic (exact) mass is 233 g/mol. The third kappa shape index (κ3) is 1.48. The number of thiophene rings is 1. The number of nitrogens with zero attached hydrogens (tertiary/aromatic N) is 2. The third-order valence-corrected chi connectivity index (χ3v) is 4.16. The largest absolute Gasteiger partial charge is 0.372 e. The van der Waals surface area contributed by atoms with Crippen molar-refractivity contribution >= 4 is 27.4 Å². The lowest BCUT2D eigenvalue weighted by atomic mass is 10.3. The molecule has 1 saturated carbocycles. The van der Waals surface area contributed by atoms with Gasteiger partial charge < -0.3 is 5.32 Å². The summed E-state index contributed by atoms with van der Waals surface area (Å²) in [6.45, 7) is 4.38. The minimum absolute atomic E-state index is 0.582. The summed E-state index contributed by atoms with van der Waals surface area (Å²) in [5.74, 6) is 3.33. The summed E-state index contributed by atoms with van der Waals surface area (Å²) in [5, 5.41) is 4.33. The number of fused-ring (bicyclic) bond motifs is 1. The number of rotatable bonds is 2. The average molecular weight is 233 g/mol. The Balaban J connectivity index is 2.18. The Morgan fingerprint density at radius 1 is 1.44 bits per heavy atom. The van der Waals surface area contributed by atoms with Gasteiger partial charge in [-0.05, 0) is 25.3 Å². The van der Waals surface area contributed by atoms with Crippen molar-refractivity contribution in [1.82, 2.24) is 9.97 Å². The first-order valence-corrected chi connectivity index (χ1v) is 6.46. The number of anilines is 1. The van der Waals surface area contributed by atoms with E-state index in [1.54, 1.807) is 11.3 Å². The van der Waals surface area contributed by atoms with Gasteiger partial charge in [-0.1, -0.05) is 6.92 Å². The van der Waals surface area contributed by atoms with E-state index in [1.165, 1.54) is 11.3 Å². The van der Waals surface area contributed by atoms with E-state index in [1.807, 2.05) is 7.05 Å². The van der Waals surface area contributed by atoms with Gasteiger partial charge in [0.05, 0.1) is 5.39 Å². The van der Waals surface area contributed by atoms with Crippen molar-refractivity contribution in [3.8, 4) is 0 Å². The summed E-state index contributed by atoms with van der Waals surface area (Å²) in [5.41, 5.74) is 0. The van der Waals surface area contributed by atoms with Crippen LogP contribution in [-0.4, -0.2) is 17.0 Å². The Morgan fingerprint density at radius 2 is 2.19 bits per heavy atom. The minimum atomic E-state index is 0.582. The molecule has 1 aliphatic rings. The predicted molar refractivity (Wildman–Crippen MR) is 68.2 cm³/mol. The maximum absolute atomic E-state index is 4.68. The van der Waals surface area contributed by atoms with E-state index in [2.05, 4.69) is 35.2 Å². The van der Waals surface area contributed by atoms with Crippen LogP contribution in [0.15, 0.2) is 6.07 Å². The summed E-state index contributed by atoms with van der Waals surface area (Å²) >= 11 is 1.75. The molecule has 3 rings (SSSR count). The lowest BCUT2D eigenvalue weighted by Crippen LogP contribution is -1.99.